The zero-order chi connectivity index (χ0) is 13.3. The zero-order valence-corrected chi connectivity index (χ0v) is 11.2. The highest BCUT2D eigenvalue weighted by atomic mass is 16.5. The van der Waals surface area contributed by atoms with Crippen LogP contribution >= 0.6 is 0 Å². The Bertz CT molecular complexity index is 455. The van der Waals surface area contributed by atoms with Crippen LogP contribution in [0.4, 0.5) is 0 Å². The van der Waals surface area contributed by atoms with Gasteiger partial charge in [0.15, 0.2) is 0 Å². The summed E-state index contributed by atoms with van der Waals surface area (Å²) in [5.74, 6) is 0.930. The highest BCUT2D eigenvalue weighted by Gasteiger charge is 2.03. The average Bonchev–Trinajstić information content (AvgIpc) is 2.46. The monoisotopic (exact) mass is 255 g/mol. The lowest BCUT2D eigenvalue weighted by atomic mass is 10.0. The van der Waals surface area contributed by atoms with Gasteiger partial charge in [-0.3, -0.25) is 0 Å². The van der Waals surface area contributed by atoms with Gasteiger partial charge < -0.3 is 10.5 Å². The van der Waals surface area contributed by atoms with Crippen molar-refractivity contribution in [3.63, 3.8) is 0 Å². The van der Waals surface area contributed by atoms with Crippen LogP contribution in [0.15, 0.2) is 60.7 Å². The van der Waals surface area contributed by atoms with Crippen molar-refractivity contribution in [2.24, 2.45) is 5.73 Å². The number of ether oxygens (including phenoxy) is 1. The van der Waals surface area contributed by atoms with Crippen LogP contribution in [0.25, 0.3) is 0 Å². The number of nitrogens with two attached hydrogens (primary N) is 1. The maximum absolute atomic E-state index is 6.13. The molecule has 0 radical (unpaired) electrons. The minimum absolute atomic E-state index is 0.210. The van der Waals surface area contributed by atoms with Gasteiger partial charge in [0.1, 0.15) is 5.75 Å². The molecule has 0 aliphatic rings. The molecule has 0 saturated carbocycles. The van der Waals surface area contributed by atoms with E-state index in [1.54, 1.807) is 0 Å². The first-order valence-corrected chi connectivity index (χ1v) is 6.82. The van der Waals surface area contributed by atoms with Crippen molar-refractivity contribution in [1.82, 2.24) is 0 Å². The molecule has 2 nitrogen and oxygen atoms in total. The molecule has 2 heteroatoms. The lowest BCUT2D eigenvalue weighted by Gasteiger charge is -2.12. The van der Waals surface area contributed by atoms with E-state index in [9.17, 15) is 0 Å². The Morgan fingerprint density at radius 3 is 2.21 bits per heavy atom. The first-order valence-electron chi connectivity index (χ1n) is 6.82. The third kappa shape index (κ3) is 5.14. The van der Waals surface area contributed by atoms with Crippen LogP contribution in [0.1, 0.15) is 18.4 Å². The van der Waals surface area contributed by atoms with Gasteiger partial charge in [0.05, 0.1) is 6.61 Å². The maximum Gasteiger partial charge on any atom is 0.119 e. The minimum atomic E-state index is 0.210. The van der Waals surface area contributed by atoms with Crippen molar-refractivity contribution in [3.05, 3.63) is 66.2 Å². The molecule has 19 heavy (non-hydrogen) atoms. The molecule has 1 unspecified atom stereocenters. The van der Waals surface area contributed by atoms with E-state index in [2.05, 4.69) is 24.3 Å². The van der Waals surface area contributed by atoms with E-state index in [0.29, 0.717) is 0 Å². The lowest BCUT2D eigenvalue weighted by Crippen LogP contribution is -2.23. The van der Waals surface area contributed by atoms with Gasteiger partial charge in [-0.2, -0.15) is 0 Å². The summed E-state index contributed by atoms with van der Waals surface area (Å²) in [4.78, 5) is 0. The summed E-state index contributed by atoms with van der Waals surface area (Å²) in [6.07, 6.45) is 2.91. The summed E-state index contributed by atoms with van der Waals surface area (Å²) in [5, 5.41) is 0. The van der Waals surface area contributed by atoms with Crippen molar-refractivity contribution in [2.45, 2.75) is 25.3 Å². The van der Waals surface area contributed by atoms with Gasteiger partial charge in [0, 0.05) is 6.04 Å². The van der Waals surface area contributed by atoms with E-state index >= 15 is 0 Å². The SMILES string of the molecule is NC(CCCOc1ccccc1)Cc1ccccc1. The summed E-state index contributed by atoms with van der Waals surface area (Å²) in [6, 6.07) is 20.5. The summed E-state index contributed by atoms with van der Waals surface area (Å²) >= 11 is 0. The summed E-state index contributed by atoms with van der Waals surface area (Å²) < 4.78 is 5.65. The summed E-state index contributed by atoms with van der Waals surface area (Å²) in [7, 11) is 0. The van der Waals surface area contributed by atoms with Crippen molar-refractivity contribution in [2.75, 3.05) is 6.61 Å². The van der Waals surface area contributed by atoms with Crippen LogP contribution in [-0.2, 0) is 6.42 Å². The van der Waals surface area contributed by atoms with Gasteiger partial charge in [-0.1, -0.05) is 48.5 Å². The normalized spacial score (nSPS) is 12.1. The van der Waals surface area contributed by atoms with Crippen molar-refractivity contribution in [3.8, 4) is 5.75 Å². The quantitative estimate of drug-likeness (QED) is 0.769. The molecule has 0 spiro atoms. The predicted molar refractivity (Wildman–Crippen MR) is 79.3 cm³/mol. The van der Waals surface area contributed by atoms with Gasteiger partial charge in [-0.15, -0.1) is 0 Å². The zero-order valence-electron chi connectivity index (χ0n) is 11.2. The molecule has 0 bridgehead atoms. The second kappa shape index (κ2) is 7.59. The molecule has 2 aromatic carbocycles. The molecule has 2 aromatic rings. The molecular weight excluding hydrogens is 234 g/mol. The Morgan fingerprint density at radius 2 is 1.53 bits per heavy atom. The maximum atomic E-state index is 6.13. The third-order valence-corrected chi connectivity index (χ3v) is 3.07. The van der Waals surface area contributed by atoms with E-state index in [4.69, 9.17) is 10.5 Å². The first kappa shape index (κ1) is 13.6. The van der Waals surface area contributed by atoms with E-state index in [1.807, 2.05) is 36.4 Å². The standard InChI is InChI=1S/C17H21NO/c18-16(14-15-8-3-1-4-9-15)10-7-13-19-17-11-5-2-6-12-17/h1-6,8-9,11-12,16H,7,10,13-14,18H2. The Hall–Kier alpha value is -1.80. The van der Waals surface area contributed by atoms with Gasteiger partial charge in [0.2, 0.25) is 0 Å². The van der Waals surface area contributed by atoms with E-state index < -0.39 is 0 Å². The number of hydrogen-bond acceptors (Lipinski definition) is 2. The fraction of sp³-hybridized carbons (Fsp3) is 0.294. The highest BCUT2D eigenvalue weighted by Crippen LogP contribution is 2.10. The van der Waals surface area contributed by atoms with Crippen LogP contribution < -0.4 is 10.5 Å². The number of hydrogen-bond donors (Lipinski definition) is 1. The Labute approximate surface area is 115 Å². The Balaban J connectivity index is 1.63. The third-order valence-electron chi connectivity index (χ3n) is 3.07. The van der Waals surface area contributed by atoms with Crippen molar-refractivity contribution < 1.29 is 4.74 Å². The highest BCUT2D eigenvalue weighted by molar-refractivity contribution is 5.20. The fourth-order valence-corrected chi connectivity index (χ4v) is 2.07. The smallest absolute Gasteiger partial charge is 0.119 e. The molecule has 0 heterocycles. The lowest BCUT2D eigenvalue weighted by molar-refractivity contribution is 0.301. The van der Waals surface area contributed by atoms with Crippen LogP contribution in [0.3, 0.4) is 0 Å². The molecule has 1 atom stereocenters. The molecule has 100 valence electrons. The van der Waals surface area contributed by atoms with Crippen molar-refractivity contribution >= 4 is 0 Å². The largest absolute Gasteiger partial charge is 0.494 e. The molecular formula is C17H21NO. The molecule has 2 rings (SSSR count). The van der Waals surface area contributed by atoms with Crippen LogP contribution in [-0.4, -0.2) is 12.6 Å². The van der Waals surface area contributed by atoms with Crippen LogP contribution in [0.2, 0.25) is 0 Å². The first-order chi connectivity index (χ1) is 9.34. The second-order valence-electron chi connectivity index (χ2n) is 4.75. The van der Waals surface area contributed by atoms with Gasteiger partial charge >= 0.3 is 0 Å². The number of benzene rings is 2. The van der Waals surface area contributed by atoms with Gasteiger partial charge in [-0.05, 0) is 37.0 Å². The predicted octanol–water partition coefficient (Wildman–Crippen LogP) is 3.42. The number of rotatable bonds is 7. The molecule has 0 aliphatic carbocycles. The summed E-state index contributed by atoms with van der Waals surface area (Å²) in [6.45, 7) is 0.729. The topological polar surface area (TPSA) is 35.2 Å². The molecule has 0 saturated heterocycles. The second-order valence-corrected chi connectivity index (χ2v) is 4.75. The Morgan fingerprint density at radius 1 is 0.895 bits per heavy atom. The van der Waals surface area contributed by atoms with E-state index in [0.717, 1.165) is 31.6 Å². The molecule has 0 fully saturated rings. The molecule has 0 aromatic heterocycles. The van der Waals surface area contributed by atoms with Crippen LogP contribution in [0, 0.1) is 0 Å². The fourth-order valence-electron chi connectivity index (χ4n) is 2.07. The van der Waals surface area contributed by atoms with Crippen molar-refractivity contribution in [1.29, 1.82) is 0 Å². The summed E-state index contributed by atoms with van der Waals surface area (Å²) in [5.41, 5.74) is 7.43. The van der Waals surface area contributed by atoms with Gasteiger partial charge in [0.25, 0.3) is 0 Å². The van der Waals surface area contributed by atoms with Gasteiger partial charge in [-0.25, -0.2) is 0 Å². The van der Waals surface area contributed by atoms with E-state index in [-0.39, 0.29) is 6.04 Å². The van der Waals surface area contributed by atoms with E-state index in [1.165, 1.54) is 5.56 Å². The molecule has 2 N–H and O–H groups in total. The van der Waals surface area contributed by atoms with Crippen LogP contribution in [0.5, 0.6) is 5.75 Å². The molecule has 0 aliphatic heterocycles. The minimum Gasteiger partial charge on any atom is -0.494 e. The molecule has 0 amide bonds. The number of para-hydroxylation sites is 1. The average molecular weight is 255 g/mol. The Kier molecular flexibility index (Phi) is 5.45.